The van der Waals surface area contributed by atoms with Gasteiger partial charge in [-0.2, -0.15) is 0 Å². The van der Waals surface area contributed by atoms with Gasteiger partial charge >= 0.3 is 5.97 Å². The summed E-state index contributed by atoms with van der Waals surface area (Å²) in [6.07, 6.45) is 5.91. The fourth-order valence-corrected chi connectivity index (χ4v) is 4.97. The second-order valence-corrected chi connectivity index (χ2v) is 9.67. The van der Waals surface area contributed by atoms with Crippen LogP contribution in [0.25, 0.3) is 11.1 Å². The zero-order valence-corrected chi connectivity index (χ0v) is 21.0. The number of carbonyl (C=O) groups excluding carboxylic acids is 1. The van der Waals surface area contributed by atoms with Gasteiger partial charge < -0.3 is 4.74 Å². The van der Waals surface area contributed by atoms with Crippen LogP contribution in [0.1, 0.15) is 85.3 Å². The average Bonchev–Trinajstić information content (AvgIpc) is 2.90. The fraction of sp³-hybridized carbons (Fsp3) is 0.387. The Bertz CT molecular complexity index is 1200. The number of unbranched alkanes of at least 4 members (excludes halogenated alkanes) is 1. The van der Waals surface area contributed by atoms with Gasteiger partial charge in [0.15, 0.2) is 11.6 Å². The van der Waals surface area contributed by atoms with Gasteiger partial charge in [0.25, 0.3) is 0 Å². The van der Waals surface area contributed by atoms with Crippen LogP contribution < -0.4 is 0 Å². The molecule has 3 aromatic carbocycles. The van der Waals surface area contributed by atoms with E-state index in [0.29, 0.717) is 18.4 Å². The number of rotatable bonds is 8. The van der Waals surface area contributed by atoms with E-state index in [1.54, 1.807) is 18.2 Å². The van der Waals surface area contributed by atoms with Crippen LogP contribution in [0.15, 0.2) is 54.6 Å². The molecule has 1 saturated carbocycles. The van der Waals surface area contributed by atoms with Crippen LogP contribution in [0.2, 0.25) is 0 Å². The van der Waals surface area contributed by atoms with Gasteiger partial charge in [-0.25, -0.2) is 18.0 Å². The first kappa shape index (κ1) is 26.0. The molecular weight excluding hydrogens is 461 g/mol. The molecule has 0 amide bonds. The van der Waals surface area contributed by atoms with Gasteiger partial charge in [-0.05, 0) is 85.3 Å². The van der Waals surface area contributed by atoms with Gasteiger partial charge in [-0.3, -0.25) is 0 Å². The molecule has 2 nitrogen and oxygen atoms in total. The molecule has 0 heterocycles. The Balaban J connectivity index is 1.37. The Hall–Kier alpha value is -3.08. The zero-order chi connectivity index (χ0) is 25.7. The second kappa shape index (κ2) is 11.8. The van der Waals surface area contributed by atoms with Crippen LogP contribution in [0.4, 0.5) is 13.2 Å². The van der Waals surface area contributed by atoms with Crippen molar-refractivity contribution in [1.29, 1.82) is 0 Å². The van der Waals surface area contributed by atoms with Crippen LogP contribution in [0.3, 0.4) is 0 Å². The molecule has 0 aromatic heterocycles. The molecule has 0 spiro atoms. The molecule has 1 fully saturated rings. The van der Waals surface area contributed by atoms with Crippen LogP contribution in [-0.4, -0.2) is 12.1 Å². The Labute approximate surface area is 211 Å². The predicted molar refractivity (Wildman–Crippen MR) is 137 cm³/mol. The van der Waals surface area contributed by atoms with Crippen molar-refractivity contribution in [3.63, 3.8) is 0 Å². The third-order valence-electron chi connectivity index (χ3n) is 7.27. The highest BCUT2D eigenvalue weighted by Crippen LogP contribution is 2.35. The van der Waals surface area contributed by atoms with E-state index in [2.05, 4.69) is 6.92 Å². The van der Waals surface area contributed by atoms with E-state index in [0.717, 1.165) is 55.2 Å². The molecule has 0 saturated heterocycles. The van der Waals surface area contributed by atoms with Crippen molar-refractivity contribution in [3.05, 3.63) is 94.3 Å². The fourth-order valence-electron chi connectivity index (χ4n) is 4.97. The molecule has 0 radical (unpaired) electrons. The molecule has 1 aliphatic rings. The largest absolute Gasteiger partial charge is 0.459 e. The topological polar surface area (TPSA) is 26.3 Å². The summed E-state index contributed by atoms with van der Waals surface area (Å²) in [6.45, 7) is 4.11. The highest BCUT2D eigenvalue weighted by molar-refractivity contribution is 5.90. The highest BCUT2D eigenvalue weighted by atomic mass is 19.2. The molecule has 1 aliphatic carbocycles. The van der Waals surface area contributed by atoms with E-state index < -0.39 is 23.2 Å². The molecular formula is C31H33F3O2. The van der Waals surface area contributed by atoms with Crippen molar-refractivity contribution >= 4 is 5.97 Å². The van der Waals surface area contributed by atoms with E-state index >= 15 is 0 Å². The van der Waals surface area contributed by atoms with Crippen molar-refractivity contribution in [2.24, 2.45) is 0 Å². The summed E-state index contributed by atoms with van der Waals surface area (Å²) in [4.78, 5) is 12.7. The Kier molecular flexibility index (Phi) is 8.50. The second-order valence-electron chi connectivity index (χ2n) is 9.67. The normalized spacial score (nSPS) is 17.7. The minimum atomic E-state index is -1.19. The summed E-state index contributed by atoms with van der Waals surface area (Å²) >= 11 is 0. The maximum absolute atomic E-state index is 14.8. The SMILES string of the molecule is CCCCc1ccc(C2CCC(OC(=O)c3ccc(-c4ccc(CC)cc4)c(F)c3F)CC2)cc1F. The number of carbonyl (C=O) groups is 1. The van der Waals surface area contributed by atoms with Crippen LogP contribution in [-0.2, 0) is 17.6 Å². The zero-order valence-electron chi connectivity index (χ0n) is 21.0. The number of hydrogen-bond donors (Lipinski definition) is 0. The highest BCUT2D eigenvalue weighted by Gasteiger charge is 2.28. The van der Waals surface area contributed by atoms with Crippen molar-refractivity contribution < 1.29 is 22.7 Å². The number of benzene rings is 3. The minimum absolute atomic E-state index is 0.111. The average molecular weight is 495 g/mol. The maximum atomic E-state index is 14.8. The van der Waals surface area contributed by atoms with E-state index in [1.807, 2.05) is 31.2 Å². The first-order valence-corrected chi connectivity index (χ1v) is 13.0. The Morgan fingerprint density at radius 3 is 2.25 bits per heavy atom. The van der Waals surface area contributed by atoms with Crippen molar-refractivity contribution in [2.45, 2.75) is 77.2 Å². The summed E-state index contributed by atoms with van der Waals surface area (Å²) in [5, 5.41) is 0. The smallest absolute Gasteiger partial charge is 0.341 e. The van der Waals surface area contributed by atoms with E-state index in [9.17, 15) is 18.0 Å². The number of ether oxygens (including phenoxy) is 1. The monoisotopic (exact) mass is 494 g/mol. The quantitative estimate of drug-likeness (QED) is 0.293. The lowest BCUT2D eigenvalue weighted by Crippen LogP contribution is -2.24. The summed E-state index contributed by atoms with van der Waals surface area (Å²) in [5.41, 5.74) is 3.09. The number of hydrogen-bond acceptors (Lipinski definition) is 2. The third kappa shape index (κ3) is 5.83. The van der Waals surface area contributed by atoms with Gasteiger partial charge in [0.1, 0.15) is 11.9 Å². The summed E-state index contributed by atoms with van der Waals surface area (Å²) < 4.78 is 49.7. The van der Waals surface area contributed by atoms with Crippen molar-refractivity contribution in [1.82, 2.24) is 0 Å². The summed E-state index contributed by atoms with van der Waals surface area (Å²) in [5.74, 6) is -3.06. The Morgan fingerprint density at radius 1 is 0.889 bits per heavy atom. The van der Waals surface area contributed by atoms with Gasteiger partial charge in [-0.15, -0.1) is 0 Å². The minimum Gasteiger partial charge on any atom is -0.459 e. The molecule has 0 bridgehead atoms. The number of aryl methyl sites for hydroxylation is 2. The van der Waals surface area contributed by atoms with Crippen LogP contribution in [0.5, 0.6) is 0 Å². The molecule has 0 aliphatic heterocycles. The standard InChI is InChI=1S/C31H33F3O2/c1-3-5-6-23-11-12-24(19-28(23)32)21-13-15-25(16-14-21)36-31(35)27-18-17-26(29(33)30(27)34)22-9-7-20(4-2)8-10-22/h7-12,17-19,21,25H,3-6,13-16H2,1-2H3. The van der Waals surface area contributed by atoms with Crippen molar-refractivity contribution in [2.75, 3.05) is 0 Å². The first-order chi connectivity index (χ1) is 17.4. The van der Waals surface area contributed by atoms with E-state index in [-0.39, 0.29) is 23.4 Å². The predicted octanol–water partition coefficient (Wildman–Crippen LogP) is 8.56. The Morgan fingerprint density at radius 2 is 1.61 bits per heavy atom. The van der Waals surface area contributed by atoms with E-state index in [1.165, 1.54) is 12.1 Å². The molecule has 0 unspecified atom stereocenters. The van der Waals surface area contributed by atoms with Crippen LogP contribution >= 0.6 is 0 Å². The van der Waals surface area contributed by atoms with Crippen molar-refractivity contribution in [3.8, 4) is 11.1 Å². The lowest BCUT2D eigenvalue weighted by atomic mass is 9.82. The summed E-state index contributed by atoms with van der Waals surface area (Å²) in [6, 6.07) is 15.5. The van der Waals surface area contributed by atoms with Gasteiger partial charge in [-0.1, -0.05) is 62.7 Å². The molecule has 3 aromatic rings. The van der Waals surface area contributed by atoms with E-state index in [4.69, 9.17) is 4.74 Å². The number of esters is 1. The lowest BCUT2D eigenvalue weighted by Gasteiger charge is -2.29. The molecule has 190 valence electrons. The molecule has 36 heavy (non-hydrogen) atoms. The van der Waals surface area contributed by atoms with Gasteiger partial charge in [0.2, 0.25) is 0 Å². The first-order valence-electron chi connectivity index (χ1n) is 13.0. The summed E-state index contributed by atoms with van der Waals surface area (Å²) in [7, 11) is 0. The van der Waals surface area contributed by atoms with Crippen LogP contribution in [0, 0.1) is 17.5 Å². The van der Waals surface area contributed by atoms with Gasteiger partial charge in [0, 0.05) is 5.56 Å². The number of halogens is 3. The van der Waals surface area contributed by atoms with Gasteiger partial charge in [0.05, 0.1) is 5.56 Å². The third-order valence-corrected chi connectivity index (χ3v) is 7.27. The molecule has 0 N–H and O–H groups in total. The molecule has 4 rings (SSSR count). The molecule has 5 heteroatoms. The maximum Gasteiger partial charge on any atom is 0.341 e. The molecule has 0 atom stereocenters. The lowest BCUT2D eigenvalue weighted by molar-refractivity contribution is 0.0189.